The lowest BCUT2D eigenvalue weighted by molar-refractivity contribution is 0.420. The molecule has 2 nitrogen and oxygen atoms in total. The van der Waals surface area contributed by atoms with Gasteiger partial charge in [-0.2, -0.15) is 0 Å². The molecule has 0 N–H and O–H groups in total. The van der Waals surface area contributed by atoms with Crippen molar-refractivity contribution in [3.63, 3.8) is 0 Å². The molecule has 1 heterocycles. The first-order valence-electron chi connectivity index (χ1n) is 6.90. The topological polar surface area (TPSA) is 25.8 Å². The number of aromatic nitrogens is 2. The normalized spacial score (nSPS) is 15.3. The van der Waals surface area contributed by atoms with Crippen LogP contribution in [0, 0.1) is 0 Å². The molecule has 1 aromatic heterocycles. The molecule has 19 heavy (non-hydrogen) atoms. The van der Waals surface area contributed by atoms with Crippen LogP contribution in [0.1, 0.15) is 43.5 Å². The second-order valence-electron chi connectivity index (χ2n) is 5.06. The lowest BCUT2D eigenvalue weighted by atomic mass is 9.78. The first-order chi connectivity index (χ1) is 9.28. The van der Waals surface area contributed by atoms with E-state index < -0.39 is 0 Å². The number of rotatable bonds is 3. The number of halogens is 1. The number of nitrogens with zero attached hydrogens (tertiary/aromatic N) is 2. The maximum atomic E-state index is 6.11. The molecule has 1 aliphatic rings. The van der Waals surface area contributed by atoms with Crippen molar-refractivity contribution in [3.8, 4) is 11.3 Å². The lowest BCUT2D eigenvalue weighted by Gasteiger charge is -2.27. The number of aryl methyl sites for hydroxylation is 1. The van der Waals surface area contributed by atoms with Crippen LogP contribution in [0.25, 0.3) is 11.3 Å². The summed E-state index contributed by atoms with van der Waals surface area (Å²) in [7, 11) is 0. The van der Waals surface area contributed by atoms with E-state index in [-0.39, 0.29) is 0 Å². The van der Waals surface area contributed by atoms with Crippen LogP contribution in [-0.4, -0.2) is 9.97 Å². The lowest BCUT2D eigenvalue weighted by Crippen LogP contribution is -2.10. The third-order valence-corrected chi connectivity index (χ3v) is 4.03. The fraction of sp³-hybridized carbons (Fsp3) is 0.375. The minimum Gasteiger partial charge on any atom is -0.233 e. The van der Waals surface area contributed by atoms with Gasteiger partial charge in [-0.3, -0.25) is 0 Å². The smallest absolute Gasteiger partial charge is 0.133 e. The summed E-state index contributed by atoms with van der Waals surface area (Å²) in [6.45, 7) is 2.05. The Morgan fingerprint density at radius 1 is 1.21 bits per heavy atom. The van der Waals surface area contributed by atoms with Crippen LogP contribution in [-0.2, 0) is 6.42 Å². The molecule has 2 aromatic rings. The fourth-order valence-corrected chi connectivity index (χ4v) is 2.77. The van der Waals surface area contributed by atoms with Gasteiger partial charge >= 0.3 is 0 Å². The van der Waals surface area contributed by atoms with E-state index in [1.807, 2.05) is 13.0 Å². The summed E-state index contributed by atoms with van der Waals surface area (Å²) in [4.78, 5) is 8.87. The number of hydrogen-bond donors (Lipinski definition) is 0. The number of benzene rings is 1. The molecule has 98 valence electrons. The summed E-state index contributed by atoms with van der Waals surface area (Å²) in [5.74, 6) is 1.50. The molecule has 0 radical (unpaired) electrons. The third-order valence-electron chi connectivity index (χ3n) is 3.84. The van der Waals surface area contributed by atoms with Crippen molar-refractivity contribution in [1.29, 1.82) is 0 Å². The van der Waals surface area contributed by atoms with Crippen LogP contribution in [0.3, 0.4) is 0 Å². The van der Waals surface area contributed by atoms with Gasteiger partial charge in [-0.15, -0.1) is 0 Å². The zero-order valence-electron chi connectivity index (χ0n) is 11.1. The second-order valence-corrected chi connectivity index (χ2v) is 5.45. The molecule has 0 unspecified atom stereocenters. The Hall–Kier alpha value is -1.41. The Balaban J connectivity index is 2.08. The summed E-state index contributed by atoms with van der Waals surface area (Å²) in [6, 6.07) is 10.4. The van der Waals surface area contributed by atoms with Crippen molar-refractivity contribution in [2.75, 3.05) is 0 Å². The minimum absolute atomic E-state index is 0.533. The van der Waals surface area contributed by atoms with Gasteiger partial charge in [0.2, 0.25) is 0 Å². The van der Waals surface area contributed by atoms with Crippen molar-refractivity contribution in [2.24, 2.45) is 0 Å². The van der Waals surface area contributed by atoms with Gasteiger partial charge in [-0.1, -0.05) is 49.2 Å². The molecular weight excluding hydrogens is 256 g/mol. The third kappa shape index (κ3) is 2.50. The van der Waals surface area contributed by atoms with Crippen molar-refractivity contribution in [3.05, 3.63) is 46.9 Å². The highest BCUT2D eigenvalue weighted by Gasteiger charge is 2.22. The van der Waals surface area contributed by atoms with E-state index in [0.29, 0.717) is 11.1 Å². The maximum Gasteiger partial charge on any atom is 0.133 e. The summed E-state index contributed by atoms with van der Waals surface area (Å²) < 4.78 is 0. The molecule has 3 heteroatoms. The zero-order valence-corrected chi connectivity index (χ0v) is 11.8. The van der Waals surface area contributed by atoms with E-state index in [1.54, 1.807) is 0 Å². The summed E-state index contributed by atoms with van der Waals surface area (Å²) in [6.07, 6.45) is 4.72. The molecule has 0 saturated heterocycles. The Kier molecular flexibility index (Phi) is 3.52. The van der Waals surface area contributed by atoms with Gasteiger partial charge in [-0.25, -0.2) is 9.97 Å². The summed E-state index contributed by atoms with van der Waals surface area (Å²) >= 11 is 6.11. The average Bonchev–Trinajstić information content (AvgIpc) is 2.36. The van der Waals surface area contributed by atoms with Gasteiger partial charge < -0.3 is 0 Å². The van der Waals surface area contributed by atoms with Gasteiger partial charge in [0.15, 0.2) is 0 Å². The van der Waals surface area contributed by atoms with Gasteiger partial charge in [0, 0.05) is 18.1 Å². The average molecular weight is 273 g/mol. The van der Waals surface area contributed by atoms with Gasteiger partial charge in [0.05, 0.1) is 5.69 Å². The van der Waals surface area contributed by atoms with Crippen molar-refractivity contribution < 1.29 is 0 Å². The highest BCUT2D eigenvalue weighted by Crippen LogP contribution is 2.40. The highest BCUT2D eigenvalue weighted by atomic mass is 35.5. The molecule has 1 aliphatic carbocycles. The summed E-state index contributed by atoms with van der Waals surface area (Å²) in [5.41, 5.74) is 3.58. The number of hydrogen-bond acceptors (Lipinski definition) is 2. The standard InChI is InChI=1S/C16H17ClN2/c1-2-16-18-14(10-15(17)19-16)13-9-4-3-8-12(13)11-6-5-7-11/h3-4,8-11H,2,5-7H2,1H3. The molecule has 1 saturated carbocycles. The molecule has 1 aromatic carbocycles. The SMILES string of the molecule is CCc1nc(Cl)cc(-c2ccccc2C2CCC2)n1. The van der Waals surface area contributed by atoms with Crippen LogP contribution in [0.5, 0.6) is 0 Å². The highest BCUT2D eigenvalue weighted by molar-refractivity contribution is 6.29. The van der Waals surface area contributed by atoms with Crippen molar-refractivity contribution in [2.45, 2.75) is 38.5 Å². The molecule has 3 rings (SSSR count). The first-order valence-corrected chi connectivity index (χ1v) is 7.28. The van der Waals surface area contributed by atoms with Crippen LogP contribution >= 0.6 is 11.6 Å². The molecule has 0 bridgehead atoms. The predicted octanol–water partition coefficient (Wildman–Crippen LogP) is 4.63. The first kappa shape index (κ1) is 12.6. The van der Waals surface area contributed by atoms with Crippen LogP contribution in [0.4, 0.5) is 0 Å². The monoisotopic (exact) mass is 272 g/mol. The Morgan fingerprint density at radius 2 is 2.00 bits per heavy atom. The molecule has 0 amide bonds. The molecule has 0 aliphatic heterocycles. The van der Waals surface area contributed by atoms with Gasteiger partial charge in [0.25, 0.3) is 0 Å². The van der Waals surface area contributed by atoms with Gasteiger partial charge in [-0.05, 0) is 24.3 Å². The fourth-order valence-electron chi connectivity index (χ4n) is 2.57. The van der Waals surface area contributed by atoms with Gasteiger partial charge in [0.1, 0.15) is 11.0 Å². The predicted molar refractivity (Wildman–Crippen MR) is 78.4 cm³/mol. The quantitative estimate of drug-likeness (QED) is 0.762. The molecule has 1 fully saturated rings. The molecule has 0 atom stereocenters. The van der Waals surface area contributed by atoms with E-state index in [2.05, 4.69) is 34.2 Å². The van der Waals surface area contributed by atoms with Crippen molar-refractivity contribution >= 4 is 11.6 Å². The van der Waals surface area contributed by atoms with Crippen LogP contribution in [0.2, 0.25) is 5.15 Å². The van der Waals surface area contributed by atoms with E-state index in [1.165, 1.54) is 30.4 Å². The second kappa shape index (κ2) is 5.30. The van der Waals surface area contributed by atoms with E-state index in [0.717, 1.165) is 17.9 Å². The Bertz CT molecular complexity index is 591. The largest absolute Gasteiger partial charge is 0.233 e. The van der Waals surface area contributed by atoms with E-state index in [4.69, 9.17) is 11.6 Å². The zero-order chi connectivity index (χ0) is 13.2. The van der Waals surface area contributed by atoms with Crippen LogP contribution < -0.4 is 0 Å². The molecular formula is C16H17ClN2. The van der Waals surface area contributed by atoms with Crippen molar-refractivity contribution in [1.82, 2.24) is 9.97 Å². The minimum atomic E-state index is 0.533. The van der Waals surface area contributed by atoms with E-state index in [9.17, 15) is 0 Å². The Morgan fingerprint density at radius 3 is 2.68 bits per heavy atom. The Labute approximate surface area is 118 Å². The van der Waals surface area contributed by atoms with Crippen LogP contribution in [0.15, 0.2) is 30.3 Å². The molecule has 0 spiro atoms. The van der Waals surface area contributed by atoms with E-state index >= 15 is 0 Å². The maximum absolute atomic E-state index is 6.11. The summed E-state index contributed by atoms with van der Waals surface area (Å²) in [5, 5.41) is 0.533.